The summed E-state index contributed by atoms with van der Waals surface area (Å²) in [7, 11) is 0. The summed E-state index contributed by atoms with van der Waals surface area (Å²) < 4.78 is 0. The average Bonchev–Trinajstić information content (AvgIpc) is 3.20. The molecule has 0 fully saturated rings. The van der Waals surface area contributed by atoms with E-state index >= 15 is 0 Å². The smallest absolute Gasteiger partial charge is 0.249 e. The van der Waals surface area contributed by atoms with Gasteiger partial charge in [-0.1, -0.05) is 271 Å². The van der Waals surface area contributed by atoms with Gasteiger partial charge < -0.3 is 25.7 Å². The molecule has 0 aromatic rings. The minimum Gasteiger partial charge on any atom is -0.394 e. The van der Waals surface area contributed by atoms with E-state index in [1.165, 1.54) is 225 Å². The third-order valence-corrected chi connectivity index (χ3v) is 12.3. The molecule has 0 rings (SSSR count). The van der Waals surface area contributed by atoms with Gasteiger partial charge in [0.25, 0.3) is 0 Å². The maximum Gasteiger partial charge on any atom is 0.249 e. The van der Waals surface area contributed by atoms with Crippen LogP contribution in [0.15, 0.2) is 0 Å². The predicted octanol–water partition coefficient (Wildman–Crippen LogP) is 14.0. The molecule has 5 N–H and O–H groups in total. The van der Waals surface area contributed by atoms with Crippen LogP contribution in [-0.4, -0.2) is 57.3 Å². The molecule has 4 unspecified atom stereocenters. The molecule has 0 aliphatic rings. The molecule has 0 saturated carbocycles. The molecule has 4 atom stereocenters. The number of nitrogens with one attached hydrogen (secondary N) is 1. The Kier molecular flexibility index (Phi) is 44.8. The highest BCUT2D eigenvalue weighted by Crippen LogP contribution is 2.18. The van der Waals surface area contributed by atoms with Gasteiger partial charge in [0.1, 0.15) is 12.2 Å². The molecule has 336 valence electrons. The zero-order chi connectivity index (χ0) is 41.0. The molecular formula is C50H101NO5. The summed E-state index contributed by atoms with van der Waals surface area (Å²) in [5.41, 5.74) is 0. The van der Waals surface area contributed by atoms with Crippen molar-refractivity contribution in [2.45, 2.75) is 308 Å². The Morgan fingerprint density at radius 1 is 0.375 bits per heavy atom. The zero-order valence-corrected chi connectivity index (χ0v) is 37.9. The van der Waals surface area contributed by atoms with Gasteiger partial charge in [-0.2, -0.15) is 0 Å². The quantitative estimate of drug-likeness (QED) is 0.0394. The van der Waals surface area contributed by atoms with Gasteiger partial charge in [-0.15, -0.1) is 0 Å². The lowest BCUT2D eigenvalue weighted by Gasteiger charge is -2.27. The normalized spacial score (nSPS) is 13.9. The van der Waals surface area contributed by atoms with Crippen molar-refractivity contribution in [1.29, 1.82) is 0 Å². The largest absolute Gasteiger partial charge is 0.394 e. The van der Waals surface area contributed by atoms with Crippen molar-refractivity contribution in [1.82, 2.24) is 5.32 Å². The van der Waals surface area contributed by atoms with Crippen molar-refractivity contribution in [3.8, 4) is 0 Å². The molecule has 0 aromatic carbocycles. The lowest BCUT2D eigenvalue weighted by molar-refractivity contribution is -0.132. The summed E-state index contributed by atoms with van der Waals surface area (Å²) in [4.78, 5) is 12.3. The molecule has 56 heavy (non-hydrogen) atoms. The van der Waals surface area contributed by atoms with Crippen LogP contribution in [0.3, 0.4) is 0 Å². The molecular weight excluding hydrogens is 695 g/mol. The van der Waals surface area contributed by atoms with Gasteiger partial charge in [0.2, 0.25) is 5.91 Å². The second kappa shape index (κ2) is 45.4. The summed E-state index contributed by atoms with van der Waals surface area (Å²) in [5, 5.41) is 42.6. The Bertz CT molecular complexity index is 766. The zero-order valence-electron chi connectivity index (χ0n) is 37.9. The van der Waals surface area contributed by atoms with E-state index in [1.54, 1.807) is 0 Å². The topological polar surface area (TPSA) is 110 Å². The minimum atomic E-state index is -1.25. The molecule has 0 aliphatic carbocycles. The lowest BCUT2D eigenvalue weighted by atomic mass is 10.0. The van der Waals surface area contributed by atoms with Gasteiger partial charge in [-0.3, -0.25) is 4.79 Å². The van der Waals surface area contributed by atoms with E-state index in [-0.39, 0.29) is 0 Å². The highest BCUT2D eigenvalue weighted by molar-refractivity contribution is 5.80. The van der Waals surface area contributed by atoms with Gasteiger partial charge in [0, 0.05) is 0 Å². The standard InChI is InChI=1S/C50H101NO5/c1-3-5-7-8-9-10-11-12-13-14-15-16-17-18-19-20-21-22-23-24-25-26-27-28-29-30-31-32-33-34-35-36-37-38-39-40-41-42-44-48(54)50(56)51-46(45-52)49(55)47(53)43-6-4-2/h46-49,52-55H,3-45H2,1-2H3,(H,51,56). The molecule has 6 heteroatoms. The maximum atomic E-state index is 12.3. The number of hydrogen-bond acceptors (Lipinski definition) is 5. The molecule has 0 aliphatic heterocycles. The van der Waals surface area contributed by atoms with Crippen molar-refractivity contribution < 1.29 is 25.2 Å². The molecule has 1 amide bonds. The first-order chi connectivity index (χ1) is 27.5. The number of amides is 1. The molecule has 6 nitrogen and oxygen atoms in total. The minimum absolute atomic E-state index is 0.373. The molecule has 0 saturated heterocycles. The van der Waals surface area contributed by atoms with Crippen LogP contribution in [0.25, 0.3) is 0 Å². The molecule has 0 bridgehead atoms. The summed E-state index contributed by atoms with van der Waals surface area (Å²) in [6.45, 7) is 3.81. The maximum absolute atomic E-state index is 12.3. The Labute approximate surface area is 350 Å². The monoisotopic (exact) mass is 796 g/mol. The average molecular weight is 796 g/mol. The van der Waals surface area contributed by atoms with Crippen molar-refractivity contribution >= 4 is 5.91 Å². The third-order valence-electron chi connectivity index (χ3n) is 12.3. The molecule has 0 heterocycles. The van der Waals surface area contributed by atoms with Crippen LogP contribution in [-0.2, 0) is 4.79 Å². The van der Waals surface area contributed by atoms with E-state index < -0.39 is 36.9 Å². The number of aliphatic hydroxyl groups excluding tert-OH is 4. The Balaban J connectivity index is 3.30. The first-order valence-corrected chi connectivity index (χ1v) is 25.4. The number of hydrogen-bond donors (Lipinski definition) is 5. The van der Waals surface area contributed by atoms with E-state index in [9.17, 15) is 25.2 Å². The van der Waals surface area contributed by atoms with Crippen LogP contribution in [0, 0.1) is 0 Å². The van der Waals surface area contributed by atoms with Crippen molar-refractivity contribution in [3.63, 3.8) is 0 Å². The van der Waals surface area contributed by atoms with Crippen LogP contribution in [0.2, 0.25) is 0 Å². The molecule has 0 radical (unpaired) electrons. The third kappa shape index (κ3) is 38.8. The number of carbonyl (C=O) groups is 1. The fourth-order valence-electron chi connectivity index (χ4n) is 8.28. The van der Waals surface area contributed by atoms with Gasteiger partial charge >= 0.3 is 0 Å². The van der Waals surface area contributed by atoms with E-state index in [0.717, 1.165) is 32.1 Å². The Morgan fingerprint density at radius 2 is 0.625 bits per heavy atom. The predicted molar refractivity (Wildman–Crippen MR) is 242 cm³/mol. The second-order valence-corrected chi connectivity index (χ2v) is 17.9. The summed E-state index contributed by atoms with van der Waals surface area (Å²) in [5.74, 6) is -0.590. The van der Waals surface area contributed by atoms with E-state index in [2.05, 4.69) is 12.2 Å². The first-order valence-electron chi connectivity index (χ1n) is 25.4. The van der Waals surface area contributed by atoms with Crippen molar-refractivity contribution in [2.75, 3.05) is 6.61 Å². The summed E-state index contributed by atoms with van der Waals surface area (Å²) in [6, 6.07) is -0.975. The Hall–Kier alpha value is -0.690. The SMILES string of the molecule is CCCCCCCCCCCCCCCCCCCCCCCCCCCCCCCCCCCCCCCCC(O)C(=O)NC(CO)C(O)C(O)CCCC. The van der Waals surface area contributed by atoms with Crippen LogP contribution in [0.4, 0.5) is 0 Å². The highest BCUT2D eigenvalue weighted by Gasteiger charge is 2.28. The molecule has 0 aromatic heterocycles. The van der Waals surface area contributed by atoms with Crippen LogP contribution >= 0.6 is 0 Å². The second-order valence-electron chi connectivity index (χ2n) is 17.9. The summed E-state index contributed by atoms with van der Waals surface area (Å²) >= 11 is 0. The van der Waals surface area contributed by atoms with Crippen LogP contribution in [0.5, 0.6) is 0 Å². The van der Waals surface area contributed by atoms with Crippen LogP contribution < -0.4 is 5.32 Å². The van der Waals surface area contributed by atoms with E-state index in [0.29, 0.717) is 12.8 Å². The first kappa shape index (κ1) is 55.3. The fourth-order valence-corrected chi connectivity index (χ4v) is 8.28. The molecule has 0 spiro atoms. The summed E-state index contributed by atoms with van der Waals surface area (Å²) in [6.07, 6.45) is 51.9. The van der Waals surface area contributed by atoms with Gasteiger partial charge in [0.05, 0.1) is 18.8 Å². The number of rotatable bonds is 47. The number of unbranched alkanes of at least 4 members (excludes halogenated alkanes) is 38. The highest BCUT2D eigenvalue weighted by atomic mass is 16.3. The fraction of sp³-hybridized carbons (Fsp3) is 0.980. The van der Waals surface area contributed by atoms with E-state index in [1.807, 2.05) is 6.92 Å². The van der Waals surface area contributed by atoms with Gasteiger partial charge in [-0.05, 0) is 12.8 Å². The van der Waals surface area contributed by atoms with Crippen molar-refractivity contribution in [3.05, 3.63) is 0 Å². The number of carbonyl (C=O) groups excluding carboxylic acids is 1. The number of aliphatic hydroxyl groups is 4. The van der Waals surface area contributed by atoms with Gasteiger partial charge in [0.15, 0.2) is 0 Å². The Morgan fingerprint density at radius 3 is 0.875 bits per heavy atom. The van der Waals surface area contributed by atoms with Crippen molar-refractivity contribution in [2.24, 2.45) is 0 Å². The van der Waals surface area contributed by atoms with E-state index in [4.69, 9.17) is 0 Å². The lowest BCUT2D eigenvalue weighted by Crippen LogP contribution is -2.53. The van der Waals surface area contributed by atoms with Crippen LogP contribution in [0.1, 0.15) is 284 Å². The van der Waals surface area contributed by atoms with Gasteiger partial charge in [-0.25, -0.2) is 0 Å².